The third-order valence-corrected chi connectivity index (χ3v) is 3.68. The van der Waals surface area contributed by atoms with Gasteiger partial charge in [-0.05, 0) is 36.8 Å². The van der Waals surface area contributed by atoms with Crippen molar-refractivity contribution in [1.29, 1.82) is 0 Å². The fourth-order valence-corrected chi connectivity index (χ4v) is 2.78. The monoisotopic (exact) mass is 261 g/mol. The molecular formula is C15H23N3O. The first-order valence-corrected chi connectivity index (χ1v) is 7.03. The van der Waals surface area contributed by atoms with E-state index in [1.54, 1.807) is 0 Å². The van der Waals surface area contributed by atoms with Crippen LogP contribution in [0, 0.1) is 5.92 Å². The Morgan fingerprint density at radius 2 is 2.21 bits per heavy atom. The van der Waals surface area contributed by atoms with Crippen LogP contribution in [0.3, 0.4) is 0 Å². The topological polar surface area (TPSA) is 58.4 Å². The molecule has 0 aromatic heterocycles. The summed E-state index contributed by atoms with van der Waals surface area (Å²) >= 11 is 0. The molecule has 4 heteroatoms. The van der Waals surface area contributed by atoms with Crippen LogP contribution in [-0.2, 0) is 11.2 Å². The highest BCUT2D eigenvalue weighted by Crippen LogP contribution is 2.29. The normalized spacial score (nSPS) is 18.0. The lowest BCUT2D eigenvalue weighted by molar-refractivity contribution is -0.121. The zero-order chi connectivity index (χ0) is 13.7. The van der Waals surface area contributed by atoms with E-state index in [1.807, 2.05) is 0 Å². The van der Waals surface area contributed by atoms with E-state index in [9.17, 15) is 4.79 Å². The summed E-state index contributed by atoms with van der Waals surface area (Å²) in [4.78, 5) is 13.5. The van der Waals surface area contributed by atoms with Crippen LogP contribution in [0.5, 0.6) is 0 Å². The molecule has 1 aromatic carbocycles. The summed E-state index contributed by atoms with van der Waals surface area (Å²) in [6.07, 6.45) is 3.59. The van der Waals surface area contributed by atoms with Gasteiger partial charge in [-0.15, -0.1) is 0 Å². The Morgan fingerprint density at radius 3 is 3.00 bits per heavy atom. The molecule has 1 aromatic rings. The number of para-hydroxylation sites is 1. The van der Waals surface area contributed by atoms with Gasteiger partial charge in [-0.1, -0.05) is 25.1 Å². The Balaban J connectivity index is 1.88. The molecule has 0 radical (unpaired) electrons. The number of rotatable bonds is 5. The fourth-order valence-electron chi connectivity index (χ4n) is 2.78. The predicted octanol–water partition coefficient (Wildman–Crippen LogP) is 1.85. The number of unbranched alkanes of at least 4 members (excludes halogenated alkanes) is 1. The largest absolute Gasteiger partial charge is 0.371 e. The summed E-state index contributed by atoms with van der Waals surface area (Å²) in [6.45, 7) is 4.42. The van der Waals surface area contributed by atoms with Crippen molar-refractivity contribution in [1.82, 2.24) is 5.43 Å². The van der Waals surface area contributed by atoms with Crippen LogP contribution < -0.4 is 16.2 Å². The van der Waals surface area contributed by atoms with Gasteiger partial charge in [-0.2, -0.15) is 0 Å². The first-order valence-electron chi connectivity index (χ1n) is 7.03. The number of amides is 1. The lowest BCUT2D eigenvalue weighted by atomic mass is 9.94. The highest BCUT2D eigenvalue weighted by Gasteiger charge is 2.20. The first kappa shape index (κ1) is 13.9. The smallest absolute Gasteiger partial charge is 0.233 e. The van der Waals surface area contributed by atoms with E-state index < -0.39 is 0 Å². The molecule has 0 fully saturated rings. The Morgan fingerprint density at radius 1 is 1.42 bits per heavy atom. The van der Waals surface area contributed by atoms with Crippen LogP contribution in [0.1, 0.15) is 31.7 Å². The molecule has 19 heavy (non-hydrogen) atoms. The molecule has 1 unspecified atom stereocenters. The molecule has 0 spiro atoms. The fraction of sp³-hybridized carbons (Fsp3) is 0.533. The predicted molar refractivity (Wildman–Crippen MR) is 77.7 cm³/mol. The lowest BCUT2D eigenvalue weighted by Gasteiger charge is -2.34. The van der Waals surface area contributed by atoms with Gasteiger partial charge < -0.3 is 4.90 Å². The van der Waals surface area contributed by atoms with E-state index in [2.05, 4.69) is 41.5 Å². The number of anilines is 1. The zero-order valence-electron chi connectivity index (χ0n) is 11.6. The van der Waals surface area contributed by atoms with Gasteiger partial charge in [0, 0.05) is 25.2 Å². The number of hydrazine groups is 1. The van der Waals surface area contributed by atoms with Crippen molar-refractivity contribution in [2.75, 3.05) is 18.0 Å². The van der Waals surface area contributed by atoms with E-state index >= 15 is 0 Å². The summed E-state index contributed by atoms with van der Waals surface area (Å²) in [6, 6.07) is 8.64. The number of nitrogens with zero attached hydrogens (tertiary/aromatic N) is 1. The van der Waals surface area contributed by atoms with Gasteiger partial charge in [0.25, 0.3) is 0 Å². The number of carbonyl (C=O) groups excluding carboxylic acids is 1. The van der Waals surface area contributed by atoms with Gasteiger partial charge in [-0.3, -0.25) is 10.2 Å². The number of nitrogens with two attached hydrogens (primary N) is 1. The van der Waals surface area contributed by atoms with Crippen molar-refractivity contribution in [2.45, 2.75) is 32.6 Å². The zero-order valence-corrected chi connectivity index (χ0v) is 11.6. The summed E-state index contributed by atoms with van der Waals surface area (Å²) in [7, 11) is 0. The van der Waals surface area contributed by atoms with E-state index in [1.165, 1.54) is 17.7 Å². The standard InChI is InChI=1S/C15H23N3O/c1-12-10-13-6-2-3-7-14(13)18(11-12)9-5-4-8-15(19)17-16/h2-3,6-7,12H,4-5,8-11,16H2,1H3,(H,17,19). The van der Waals surface area contributed by atoms with Crippen LogP contribution in [0.15, 0.2) is 24.3 Å². The van der Waals surface area contributed by atoms with Gasteiger partial charge in [-0.25, -0.2) is 5.84 Å². The molecule has 2 rings (SSSR count). The summed E-state index contributed by atoms with van der Waals surface area (Å²) in [5.41, 5.74) is 4.98. The van der Waals surface area contributed by atoms with Crippen molar-refractivity contribution < 1.29 is 4.79 Å². The molecule has 1 aliphatic rings. The second-order valence-electron chi connectivity index (χ2n) is 5.41. The molecule has 4 nitrogen and oxygen atoms in total. The van der Waals surface area contributed by atoms with Crippen molar-refractivity contribution >= 4 is 11.6 Å². The van der Waals surface area contributed by atoms with Gasteiger partial charge >= 0.3 is 0 Å². The Bertz CT molecular complexity index is 433. The molecule has 0 aliphatic carbocycles. The minimum absolute atomic E-state index is 0.0765. The number of hydrogen-bond donors (Lipinski definition) is 2. The third-order valence-electron chi connectivity index (χ3n) is 3.68. The van der Waals surface area contributed by atoms with Crippen molar-refractivity contribution in [3.63, 3.8) is 0 Å². The van der Waals surface area contributed by atoms with E-state index in [0.29, 0.717) is 12.3 Å². The lowest BCUT2D eigenvalue weighted by Crippen LogP contribution is -2.35. The Kier molecular flexibility index (Phi) is 4.80. The summed E-state index contributed by atoms with van der Waals surface area (Å²) in [5.74, 6) is 5.69. The minimum Gasteiger partial charge on any atom is -0.371 e. The van der Waals surface area contributed by atoms with Gasteiger partial charge in [0.2, 0.25) is 5.91 Å². The first-order chi connectivity index (χ1) is 9.20. The quantitative estimate of drug-likeness (QED) is 0.368. The molecule has 0 saturated carbocycles. The molecule has 0 saturated heterocycles. The van der Waals surface area contributed by atoms with Gasteiger partial charge in [0.15, 0.2) is 0 Å². The minimum atomic E-state index is -0.0765. The Hall–Kier alpha value is -1.55. The SMILES string of the molecule is CC1Cc2ccccc2N(CCCCC(=O)NN)C1. The number of nitrogens with one attached hydrogen (secondary N) is 1. The molecule has 0 bridgehead atoms. The molecule has 104 valence electrons. The van der Waals surface area contributed by atoms with Crippen molar-refractivity contribution in [3.05, 3.63) is 29.8 Å². The average Bonchev–Trinajstić information content (AvgIpc) is 2.42. The summed E-state index contributed by atoms with van der Waals surface area (Å²) < 4.78 is 0. The van der Waals surface area contributed by atoms with Crippen LogP contribution in [0.25, 0.3) is 0 Å². The second kappa shape index (κ2) is 6.57. The molecular weight excluding hydrogens is 238 g/mol. The third kappa shape index (κ3) is 3.70. The molecule has 1 amide bonds. The van der Waals surface area contributed by atoms with E-state index in [-0.39, 0.29) is 5.91 Å². The van der Waals surface area contributed by atoms with Crippen LogP contribution in [-0.4, -0.2) is 19.0 Å². The molecule has 1 aliphatic heterocycles. The average molecular weight is 261 g/mol. The molecule has 1 atom stereocenters. The number of hydrogen-bond acceptors (Lipinski definition) is 3. The van der Waals surface area contributed by atoms with Gasteiger partial charge in [0.1, 0.15) is 0 Å². The number of benzene rings is 1. The highest BCUT2D eigenvalue weighted by atomic mass is 16.2. The highest BCUT2D eigenvalue weighted by molar-refractivity contribution is 5.75. The van der Waals surface area contributed by atoms with Gasteiger partial charge in [0.05, 0.1) is 0 Å². The molecule has 3 N–H and O–H groups in total. The Labute approximate surface area is 114 Å². The van der Waals surface area contributed by atoms with Crippen molar-refractivity contribution in [2.24, 2.45) is 11.8 Å². The second-order valence-corrected chi connectivity index (χ2v) is 5.41. The maximum atomic E-state index is 11.1. The van der Waals surface area contributed by atoms with Crippen LogP contribution in [0.4, 0.5) is 5.69 Å². The van der Waals surface area contributed by atoms with E-state index in [4.69, 9.17) is 5.84 Å². The van der Waals surface area contributed by atoms with Crippen LogP contribution >= 0.6 is 0 Å². The molecule has 1 heterocycles. The van der Waals surface area contributed by atoms with E-state index in [0.717, 1.165) is 25.9 Å². The number of fused-ring (bicyclic) bond motifs is 1. The van der Waals surface area contributed by atoms with Crippen LogP contribution in [0.2, 0.25) is 0 Å². The maximum Gasteiger partial charge on any atom is 0.233 e. The number of carbonyl (C=O) groups is 1. The summed E-state index contributed by atoms with van der Waals surface area (Å²) in [5, 5.41) is 0. The maximum absolute atomic E-state index is 11.1. The van der Waals surface area contributed by atoms with Crippen molar-refractivity contribution in [3.8, 4) is 0 Å².